The second-order valence-electron chi connectivity index (χ2n) is 9.53. The van der Waals surface area contributed by atoms with Crippen LogP contribution in [0.5, 0.6) is 0 Å². The molecule has 0 atom stereocenters. The number of hydrogen-bond donors (Lipinski definition) is 1. The molecule has 0 bridgehead atoms. The van der Waals surface area contributed by atoms with Crippen molar-refractivity contribution in [2.24, 2.45) is 5.10 Å². The molecule has 0 saturated carbocycles. The molecular formula is C29H31FN6O2. The number of halogens is 1. The van der Waals surface area contributed by atoms with Crippen molar-refractivity contribution < 1.29 is 14.0 Å². The van der Waals surface area contributed by atoms with Crippen LogP contribution in [-0.4, -0.2) is 65.1 Å². The third kappa shape index (κ3) is 6.41. The van der Waals surface area contributed by atoms with Gasteiger partial charge in [-0.05, 0) is 53.9 Å². The van der Waals surface area contributed by atoms with Crippen LogP contribution in [0.1, 0.15) is 24.0 Å². The first-order valence-corrected chi connectivity index (χ1v) is 12.9. The number of benzene rings is 2. The lowest BCUT2D eigenvalue weighted by Crippen LogP contribution is -2.47. The maximum Gasteiger partial charge on any atom is 0.271 e. The number of hydrazone groups is 1. The van der Waals surface area contributed by atoms with E-state index in [-0.39, 0.29) is 37.0 Å². The molecule has 8 nitrogen and oxygen atoms in total. The minimum atomic E-state index is -0.340. The first-order chi connectivity index (χ1) is 18.5. The summed E-state index contributed by atoms with van der Waals surface area (Å²) in [6.45, 7) is 4.82. The molecule has 2 aliphatic heterocycles. The van der Waals surface area contributed by atoms with Crippen molar-refractivity contribution in [3.8, 4) is 0 Å². The van der Waals surface area contributed by atoms with E-state index in [2.05, 4.69) is 37.3 Å². The Kier molecular flexibility index (Phi) is 8.04. The number of amides is 2. The fourth-order valence-corrected chi connectivity index (χ4v) is 4.75. The van der Waals surface area contributed by atoms with Crippen molar-refractivity contribution in [1.29, 1.82) is 0 Å². The summed E-state index contributed by atoms with van der Waals surface area (Å²) in [7, 11) is 0. The standard InChI is InChI=1S/C29H31FN6O2/c30-24-7-5-23(6-8-24)21-36-28(37)10-9-26(33-36)29(38)32-25-3-1-2-4-27(25)35-19-17-34(18-20-35)16-13-22-11-14-31-15-12-22/h1-8,11-12,14-15H,9-10,13,16-21H2,(H,32,38). The minimum Gasteiger partial charge on any atom is -0.367 e. The Morgan fingerprint density at radius 1 is 0.895 bits per heavy atom. The third-order valence-electron chi connectivity index (χ3n) is 6.94. The van der Waals surface area contributed by atoms with Gasteiger partial charge in [0.15, 0.2) is 0 Å². The van der Waals surface area contributed by atoms with E-state index in [1.165, 1.54) is 22.7 Å². The van der Waals surface area contributed by atoms with Crippen molar-refractivity contribution in [3.63, 3.8) is 0 Å². The van der Waals surface area contributed by atoms with E-state index in [0.29, 0.717) is 5.71 Å². The van der Waals surface area contributed by atoms with Gasteiger partial charge in [0, 0.05) is 58.0 Å². The van der Waals surface area contributed by atoms with Gasteiger partial charge in [-0.2, -0.15) is 5.10 Å². The van der Waals surface area contributed by atoms with Crippen LogP contribution >= 0.6 is 0 Å². The average molecular weight is 515 g/mol. The molecule has 196 valence electrons. The molecule has 1 N–H and O–H groups in total. The molecular weight excluding hydrogens is 483 g/mol. The second kappa shape index (κ2) is 12.0. The summed E-state index contributed by atoms with van der Waals surface area (Å²) in [5.74, 6) is -0.814. The Bertz CT molecular complexity index is 1290. The van der Waals surface area contributed by atoms with Gasteiger partial charge in [0.2, 0.25) is 5.91 Å². The van der Waals surface area contributed by atoms with Crippen molar-refractivity contribution in [2.45, 2.75) is 25.8 Å². The van der Waals surface area contributed by atoms with Crippen LogP contribution in [0.2, 0.25) is 0 Å². The molecule has 9 heteroatoms. The molecule has 0 spiro atoms. The number of nitrogens with zero attached hydrogens (tertiary/aromatic N) is 5. The molecule has 2 aromatic carbocycles. The lowest BCUT2D eigenvalue weighted by atomic mass is 10.1. The number of pyridine rings is 1. The van der Waals surface area contributed by atoms with Crippen LogP contribution in [0.3, 0.4) is 0 Å². The highest BCUT2D eigenvalue weighted by atomic mass is 19.1. The molecule has 5 rings (SSSR count). The van der Waals surface area contributed by atoms with Gasteiger partial charge in [-0.15, -0.1) is 0 Å². The molecule has 0 aliphatic carbocycles. The molecule has 2 aliphatic rings. The number of piperazine rings is 1. The zero-order valence-corrected chi connectivity index (χ0v) is 21.2. The normalized spacial score (nSPS) is 16.3. The van der Waals surface area contributed by atoms with E-state index >= 15 is 0 Å². The smallest absolute Gasteiger partial charge is 0.271 e. The number of para-hydroxylation sites is 2. The predicted molar refractivity (Wildman–Crippen MR) is 145 cm³/mol. The second-order valence-corrected chi connectivity index (χ2v) is 9.53. The van der Waals surface area contributed by atoms with Crippen molar-refractivity contribution in [3.05, 3.63) is 90.0 Å². The topological polar surface area (TPSA) is 81.1 Å². The van der Waals surface area contributed by atoms with E-state index in [1.807, 2.05) is 36.7 Å². The summed E-state index contributed by atoms with van der Waals surface area (Å²) in [6, 6.07) is 17.8. The van der Waals surface area contributed by atoms with Gasteiger partial charge in [0.1, 0.15) is 11.5 Å². The summed E-state index contributed by atoms with van der Waals surface area (Å²) in [5, 5.41) is 8.66. The van der Waals surface area contributed by atoms with Gasteiger partial charge in [-0.3, -0.25) is 19.5 Å². The van der Waals surface area contributed by atoms with Crippen molar-refractivity contribution in [1.82, 2.24) is 14.9 Å². The van der Waals surface area contributed by atoms with Crippen LogP contribution in [0.4, 0.5) is 15.8 Å². The fourth-order valence-electron chi connectivity index (χ4n) is 4.75. The highest BCUT2D eigenvalue weighted by molar-refractivity contribution is 6.43. The molecule has 1 saturated heterocycles. The van der Waals surface area contributed by atoms with Crippen LogP contribution in [0.15, 0.2) is 78.2 Å². The van der Waals surface area contributed by atoms with Crippen molar-refractivity contribution in [2.75, 3.05) is 42.9 Å². The monoisotopic (exact) mass is 514 g/mol. The highest BCUT2D eigenvalue weighted by Crippen LogP contribution is 2.27. The van der Waals surface area contributed by atoms with Gasteiger partial charge in [0.25, 0.3) is 5.91 Å². The first-order valence-electron chi connectivity index (χ1n) is 12.9. The van der Waals surface area contributed by atoms with E-state index in [9.17, 15) is 14.0 Å². The fraction of sp³-hybridized carbons (Fsp3) is 0.310. The van der Waals surface area contributed by atoms with Crippen LogP contribution in [0.25, 0.3) is 0 Å². The molecule has 3 heterocycles. The van der Waals surface area contributed by atoms with Gasteiger partial charge < -0.3 is 10.2 Å². The van der Waals surface area contributed by atoms with E-state index < -0.39 is 0 Å². The molecule has 0 unspecified atom stereocenters. The third-order valence-corrected chi connectivity index (χ3v) is 6.94. The molecule has 1 aromatic heterocycles. The number of aromatic nitrogens is 1. The highest BCUT2D eigenvalue weighted by Gasteiger charge is 2.26. The number of nitrogens with one attached hydrogen (secondary N) is 1. The summed E-state index contributed by atoms with van der Waals surface area (Å²) >= 11 is 0. The van der Waals surface area contributed by atoms with Gasteiger partial charge in [-0.25, -0.2) is 9.40 Å². The predicted octanol–water partition coefficient (Wildman–Crippen LogP) is 3.70. The number of hydrogen-bond acceptors (Lipinski definition) is 6. The quantitative estimate of drug-likeness (QED) is 0.496. The maximum absolute atomic E-state index is 13.2. The summed E-state index contributed by atoms with van der Waals surface area (Å²) < 4.78 is 13.2. The minimum absolute atomic E-state index is 0.159. The van der Waals surface area contributed by atoms with E-state index in [4.69, 9.17) is 0 Å². The zero-order valence-electron chi connectivity index (χ0n) is 21.2. The van der Waals surface area contributed by atoms with Gasteiger partial charge in [-0.1, -0.05) is 24.3 Å². The van der Waals surface area contributed by atoms with Gasteiger partial charge >= 0.3 is 0 Å². The summed E-state index contributed by atoms with van der Waals surface area (Å²) in [4.78, 5) is 34.4. The molecule has 0 radical (unpaired) electrons. The number of anilines is 2. The number of carbonyl (C=O) groups excluding carboxylic acids is 2. The van der Waals surface area contributed by atoms with Crippen molar-refractivity contribution >= 4 is 28.9 Å². The van der Waals surface area contributed by atoms with Crippen LogP contribution in [0, 0.1) is 5.82 Å². The SMILES string of the molecule is O=C(Nc1ccccc1N1CCN(CCc2ccncc2)CC1)C1=NN(Cc2ccc(F)cc2)C(=O)CC1. The molecule has 3 aromatic rings. The lowest BCUT2D eigenvalue weighted by Gasteiger charge is -2.37. The zero-order chi connectivity index (χ0) is 26.3. The Labute approximate surface area is 221 Å². The molecule has 38 heavy (non-hydrogen) atoms. The van der Waals surface area contributed by atoms with E-state index in [0.717, 1.165) is 56.1 Å². The van der Waals surface area contributed by atoms with Crippen LogP contribution < -0.4 is 10.2 Å². The van der Waals surface area contributed by atoms with E-state index in [1.54, 1.807) is 12.1 Å². The Morgan fingerprint density at radius 2 is 1.63 bits per heavy atom. The molecule has 1 fully saturated rings. The summed E-state index contributed by atoms with van der Waals surface area (Å²) in [6.07, 6.45) is 5.15. The van der Waals surface area contributed by atoms with Crippen LogP contribution in [-0.2, 0) is 22.6 Å². The lowest BCUT2D eigenvalue weighted by molar-refractivity contribution is -0.132. The number of rotatable bonds is 8. The van der Waals surface area contributed by atoms with Gasteiger partial charge in [0.05, 0.1) is 17.9 Å². The summed E-state index contributed by atoms with van der Waals surface area (Å²) in [5.41, 5.74) is 4.05. The number of carbonyl (C=O) groups is 2. The maximum atomic E-state index is 13.2. The Balaban J connectivity index is 1.20. The average Bonchev–Trinajstić information content (AvgIpc) is 2.95. The Hall–Kier alpha value is -4.11. The molecule has 2 amide bonds. The first kappa shape index (κ1) is 25.5. The Morgan fingerprint density at radius 3 is 2.39 bits per heavy atom. The largest absolute Gasteiger partial charge is 0.367 e.